The summed E-state index contributed by atoms with van der Waals surface area (Å²) in [5.74, 6) is 0. The van der Waals surface area contributed by atoms with Gasteiger partial charge in [-0.15, -0.1) is 0 Å². The van der Waals surface area contributed by atoms with E-state index in [1.807, 2.05) is 0 Å². The Balaban J connectivity index is 4.78. The fourth-order valence-electron chi connectivity index (χ4n) is 3.75. The van der Waals surface area contributed by atoms with Crippen LogP contribution in [0, 0.1) is 5.41 Å². The van der Waals surface area contributed by atoms with E-state index in [2.05, 4.69) is 40.7 Å². The Hall–Kier alpha value is -0.260. The SMILES string of the molecule is CCCCCC/C(=C/C(C)(CCCC)CCCCCC)CCCC. The van der Waals surface area contributed by atoms with Crippen LogP contribution in [0.2, 0.25) is 0 Å². The van der Waals surface area contributed by atoms with Crippen LogP contribution >= 0.6 is 0 Å². The molecule has 0 bridgehead atoms. The van der Waals surface area contributed by atoms with Crippen LogP contribution in [-0.2, 0) is 0 Å². The van der Waals surface area contributed by atoms with E-state index in [0.29, 0.717) is 5.41 Å². The van der Waals surface area contributed by atoms with Crippen molar-refractivity contribution >= 4 is 0 Å². The maximum absolute atomic E-state index is 2.75. The molecule has 0 aliphatic rings. The van der Waals surface area contributed by atoms with E-state index < -0.39 is 0 Å². The van der Waals surface area contributed by atoms with Crippen LogP contribution in [0.5, 0.6) is 0 Å². The van der Waals surface area contributed by atoms with Crippen LogP contribution in [0.15, 0.2) is 11.6 Å². The predicted molar refractivity (Wildman–Crippen MR) is 113 cm³/mol. The molecule has 0 heteroatoms. The molecule has 0 nitrogen and oxygen atoms in total. The minimum absolute atomic E-state index is 0.456. The van der Waals surface area contributed by atoms with E-state index in [1.54, 1.807) is 5.57 Å². The van der Waals surface area contributed by atoms with E-state index >= 15 is 0 Å². The van der Waals surface area contributed by atoms with Crippen LogP contribution in [0.25, 0.3) is 0 Å². The molecular formula is C24H48. The Labute approximate surface area is 154 Å². The van der Waals surface area contributed by atoms with Gasteiger partial charge in [0.05, 0.1) is 0 Å². The van der Waals surface area contributed by atoms with Gasteiger partial charge in [-0.3, -0.25) is 0 Å². The highest BCUT2D eigenvalue weighted by atomic mass is 14.3. The molecule has 0 saturated carbocycles. The van der Waals surface area contributed by atoms with Gasteiger partial charge in [0.2, 0.25) is 0 Å². The first kappa shape index (κ1) is 23.7. The van der Waals surface area contributed by atoms with Crippen molar-refractivity contribution in [3.05, 3.63) is 11.6 Å². The molecule has 0 fully saturated rings. The Morgan fingerprint density at radius 1 is 0.583 bits per heavy atom. The zero-order valence-corrected chi connectivity index (χ0v) is 17.9. The highest BCUT2D eigenvalue weighted by molar-refractivity contribution is 5.09. The highest BCUT2D eigenvalue weighted by Gasteiger charge is 2.21. The Bertz CT molecular complexity index is 288. The Kier molecular flexibility index (Phi) is 16.0. The lowest BCUT2D eigenvalue weighted by Gasteiger charge is -2.28. The largest absolute Gasteiger partial charge is 0.0794 e. The minimum Gasteiger partial charge on any atom is -0.0794 e. The van der Waals surface area contributed by atoms with E-state index in [-0.39, 0.29) is 0 Å². The molecule has 0 rings (SSSR count). The third kappa shape index (κ3) is 13.1. The normalized spacial score (nSPS) is 14.8. The van der Waals surface area contributed by atoms with Crippen molar-refractivity contribution in [1.29, 1.82) is 0 Å². The van der Waals surface area contributed by atoms with Crippen molar-refractivity contribution in [1.82, 2.24) is 0 Å². The van der Waals surface area contributed by atoms with Gasteiger partial charge < -0.3 is 0 Å². The molecule has 1 unspecified atom stereocenters. The predicted octanol–water partition coefficient (Wildman–Crippen LogP) is 9.24. The van der Waals surface area contributed by atoms with Gasteiger partial charge in [-0.25, -0.2) is 0 Å². The minimum atomic E-state index is 0.456. The number of hydrogen-bond donors (Lipinski definition) is 0. The molecule has 1 atom stereocenters. The van der Waals surface area contributed by atoms with E-state index in [4.69, 9.17) is 0 Å². The molecule has 0 spiro atoms. The standard InChI is InChI=1S/C24H48/c1-6-10-14-16-19-23(18-12-8-3)22-24(5,20-13-9-4)21-17-15-11-7-2/h22H,6-21H2,1-5H3/b23-22+. The summed E-state index contributed by atoms with van der Waals surface area (Å²) >= 11 is 0. The average molecular weight is 337 g/mol. The van der Waals surface area contributed by atoms with Crippen molar-refractivity contribution in [2.75, 3.05) is 0 Å². The van der Waals surface area contributed by atoms with Crippen molar-refractivity contribution in [3.63, 3.8) is 0 Å². The molecule has 0 aromatic heterocycles. The van der Waals surface area contributed by atoms with E-state index in [1.165, 1.54) is 103 Å². The van der Waals surface area contributed by atoms with Crippen molar-refractivity contribution < 1.29 is 0 Å². The third-order valence-electron chi connectivity index (χ3n) is 5.46. The first-order valence-electron chi connectivity index (χ1n) is 11.3. The Morgan fingerprint density at radius 3 is 1.67 bits per heavy atom. The first-order chi connectivity index (χ1) is 11.6. The second-order valence-electron chi connectivity index (χ2n) is 8.29. The smallest absolute Gasteiger partial charge is 0.0144 e. The fourth-order valence-corrected chi connectivity index (χ4v) is 3.75. The monoisotopic (exact) mass is 336 g/mol. The van der Waals surface area contributed by atoms with Crippen LogP contribution < -0.4 is 0 Å². The van der Waals surface area contributed by atoms with Crippen molar-refractivity contribution in [2.24, 2.45) is 5.41 Å². The zero-order chi connectivity index (χ0) is 18.1. The quantitative estimate of drug-likeness (QED) is 0.183. The molecule has 0 aliphatic carbocycles. The van der Waals surface area contributed by atoms with Gasteiger partial charge in [-0.05, 0) is 43.9 Å². The molecule has 0 heterocycles. The summed E-state index contributed by atoms with van der Waals surface area (Å²) in [7, 11) is 0. The van der Waals surface area contributed by atoms with Crippen LogP contribution in [0.4, 0.5) is 0 Å². The van der Waals surface area contributed by atoms with Gasteiger partial charge in [0, 0.05) is 0 Å². The third-order valence-corrected chi connectivity index (χ3v) is 5.46. The van der Waals surface area contributed by atoms with E-state index in [9.17, 15) is 0 Å². The number of hydrogen-bond acceptors (Lipinski definition) is 0. The van der Waals surface area contributed by atoms with Gasteiger partial charge >= 0.3 is 0 Å². The molecule has 0 radical (unpaired) electrons. The molecule has 24 heavy (non-hydrogen) atoms. The molecule has 0 aromatic rings. The lowest BCUT2D eigenvalue weighted by atomic mass is 9.77. The molecule has 144 valence electrons. The van der Waals surface area contributed by atoms with Crippen LogP contribution in [-0.4, -0.2) is 0 Å². The van der Waals surface area contributed by atoms with Crippen molar-refractivity contribution in [3.8, 4) is 0 Å². The summed E-state index contributed by atoms with van der Waals surface area (Å²) in [5.41, 5.74) is 2.24. The van der Waals surface area contributed by atoms with Crippen LogP contribution in [0.1, 0.15) is 137 Å². The second kappa shape index (κ2) is 16.2. The summed E-state index contributed by atoms with van der Waals surface area (Å²) in [5, 5.41) is 0. The first-order valence-corrected chi connectivity index (χ1v) is 11.3. The topological polar surface area (TPSA) is 0 Å². The van der Waals surface area contributed by atoms with Crippen molar-refractivity contribution in [2.45, 2.75) is 137 Å². The lowest BCUT2D eigenvalue weighted by Crippen LogP contribution is -2.14. The van der Waals surface area contributed by atoms with Gasteiger partial charge in [-0.2, -0.15) is 0 Å². The average Bonchev–Trinajstić information content (AvgIpc) is 2.58. The molecule has 0 aliphatic heterocycles. The lowest BCUT2D eigenvalue weighted by molar-refractivity contribution is 0.329. The Morgan fingerprint density at radius 2 is 1.08 bits per heavy atom. The molecule has 0 amide bonds. The van der Waals surface area contributed by atoms with Gasteiger partial charge in [-0.1, -0.05) is 110 Å². The van der Waals surface area contributed by atoms with Gasteiger partial charge in [0.1, 0.15) is 0 Å². The summed E-state index contributed by atoms with van der Waals surface area (Å²) in [6.07, 6.45) is 24.8. The number of allylic oxidation sites excluding steroid dienone is 2. The summed E-state index contributed by atoms with van der Waals surface area (Å²) in [6, 6.07) is 0. The summed E-state index contributed by atoms with van der Waals surface area (Å²) in [6.45, 7) is 11.8. The zero-order valence-electron chi connectivity index (χ0n) is 17.9. The maximum Gasteiger partial charge on any atom is -0.0144 e. The fraction of sp³-hybridized carbons (Fsp3) is 0.917. The van der Waals surface area contributed by atoms with Crippen LogP contribution in [0.3, 0.4) is 0 Å². The molecular weight excluding hydrogens is 288 g/mol. The second-order valence-corrected chi connectivity index (χ2v) is 8.29. The van der Waals surface area contributed by atoms with Gasteiger partial charge in [0.25, 0.3) is 0 Å². The molecule has 0 N–H and O–H groups in total. The summed E-state index contributed by atoms with van der Waals surface area (Å²) in [4.78, 5) is 0. The molecule has 0 saturated heterocycles. The molecule has 0 aromatic carbocycles. The van der Waals surface area contributed by atoms with Gasteiger partial charge in [0.15, 0.2) is 0 Å². The summed E-state index contributed by atoms with van der Waals surface area (Å²) < 4.78 is 0. The van der Waals surface area contributed by atoms with E-state index in [0.717, 1.165) is 0 Å². The number of rotatable bonds is 17. The highest BCUT2D eigenvalue weighted by Crippen LogP contribution is 2.35. The number of unbranched alkanes of at least 4 members (excludes halogenated alkanes) is 8. The maximum atomic E-state index is 2.75.